The Morgan fingerprint density at radius 2 is 1.64 bits per heavy atom. The van der Waals surface area contributed by atoms with E-state index in [1.807, 2.05) is 17.7 Å². The van der Waals surface area contributed by atoms with Crippen LogP contribution >= 0.6 is 0 Å². The smallest absolute Gasteiger partial charge is 0.363 e. The molecule has 39 heavy (non-hydrogen) atoms. The minimum atomic E-state index is -4.43. The van der Waals surface area contributed by atoms with Gasteiger partial charge < -0.3 is 4.90 Å². The minimum absolute atomic E-state index is 0.0409. The van der Waals surface area contributed by atoms with Crippen LogP contribution in [-0.4, -0.2) is 50.6 Å². The van der Waals surface area contributed by atoms with Gasteiger partial charge in [0.05, 0.1) is 28.9 Å². The number of halogens is 3. The van der Waals surface area contributed by atoms with Crippen LogP contribution in [0.25, 0.3) is 22.3 Å². The second kappa shape index (κ2) is 8.93. The molecular weight excluding hydrogens is 507 g/mol. The number of aromatic nitrogens is 3. The average molecular weight is 534 g/mol. The summed E-state index contributed by atoms with van der Waals surface area (Å²) in [6.07, 6.45) is -3.64. The van der Waals surface area contributed by atoms with E-state index in [0.717, 1.165) is 35.5 Å². The molecule has 2 aliphatic heterocycles. The van der Waals surface area contributed by atoms with Gasteiger partial charge in [0.1, 0.15) is 16.7 Å². The number of aryl methyl sites for hydroxylation is 2. The summed E-state index contributed by atoms with van der Waals surface area (Å²) in [5, 5.41) is 4.83. The zero-order chi connectivity index (χ0) is 27.6. The van der Waals surface area contributed by atoms with Crippen molar-refractivity contribution in [1.29, 1.82) is 0 Å². The van der Waals surface area contributed by atoms with Crippen LogP contribution in [0.1, 0.15) is 50.9 Å². The zero-order valence-corrected chi connectivity index (χ0v) is 21.7. The fraction of sp³-hybridized carbons (Fsp3) is 0.310. The first-order valence-corrected chi connectivity index (χ1v) is 12.9. The van der Waals surface area contributed by atoms with Crippen molar-refractivity contribution in [1.82, 2.24) is 19.7 Å². The van der Waals surface area contributed by atoms with Gasteiger partial charge in [0.2, 0.25) is 0 Å². The highest BCUT2D eigenvalue weighted by atomic mass is 19.4. The lowest BCUT2D eigenvalue weighted by atomic mass is 10.0. The second-order valence-corrected chi connectivity index (χ2v) is 10.1. The number of nitrogens with zero attached hydrogens (tertiary/aromatic N) is 5. The van der Waals surface area contributed by atoms with Crippen molar-refractivity contribution in [2.45, 2.75) is 46.0 Å². The third-order valence-electron chi connectivity index (χ3n) is 7.66. The Balaban J connectivity index is 1.39. The highest BCUT2D eigenvalue weighted by Gasteiger charge is 2.37. The van der Waals surface area contributed by atoms with E-state index in [1.54, 1.807) is 31.2 Å². The molecule has 10 heteroatoms. The number of pyridine rings is 1. The zero-order valence-electron chi connectivity index (χ0n) is 21.7. The number of anilines is 1. The summed E-state index contributed by atoms with van der Waals surface area (Å²) in [4.78, 5) is 34.1. The van der Waals surface area contributed by atoms with Gasteiger partial charge in [-0.2, -0.15) is 18.3 Å². The third kappa shape index (κ3) is 3.97. The number of carbonyl (C=O) groups is 2. The van der Waals surface area contributed by atoms with Crippen LogP contribution in [0.2, 0.25) is 0 Å². The number of amides is 2. The largest absolute Gasteiger partial charge is 0.416 e. The first-order chi connectivity index (χ1) is 18.6. The Morgan fingerprint density at radius 1 is 0.949 bits per heavy atom. The van der Waals surface area contributed by atoms with Crippen molar-refractivity contribution in [3.63, 3.8) is 0 Å². The number of hydrogen-bond donors (Lipinski definition) is 0. The number of benzene rings is 2. The van der Waals surface area contributed by atoms with Gasteiger partial charge in [0.25, 0.3) is 11.8 Å². The van der Waals surface area contributed by atoms with Gasteiger partial charge in [0, 0.05) is 30.4 Å². The fourth-order valence-electron chi connectivity index (χ4n) is 5.72. The van der Waals surface area contributed by atoms with Gasteiger partial charge in [-0.1, -0.05) is 25.1 Å². The maximum atomic E-state index is 13.3. The van der Waals surface area contributed by atoms with Gasteiger partial charge in [-0.15, -0.1) is 0 Å². The minimum Gasteiger partial charge on any atom is -0.363 e. The van der Waals surface area contributed by atoms with E-state index in [4.69, 9.17) is 10.1 Å². The summed E-state index contributed by atoms with van der Waals surface area (Å²) in [5.41, 5.74) is 4.79. The molecule has 0 N–H and O–H groups in total. The number of imide groups is 1. The van der Waals surface area contributed by atoms with E-state index in [0.29, 0.717) is 46.6 Å². The van der Waals surface area contributed by atoms with Gasteiger partial charge in [-0.3, -0.25) is 19.2 Å². The molecule has 1 atom stereocenters. The number of rotatable bonds is 5. The summed E-state index contributed by atoms with van der Waals surface area (Å²) in [6.45, 7) is 6.80. The molecule has 2 aliphatic rings. The van der Waals surface area contributed by atoms with Crippen LogP contribution in [0.3, 0.4) is 0 Å². The van der Waals surface area contributed by atoms with Crippen molar-refractivity contribution >= 4 is 28.5 Å². The molecule has 7 nitrogen and oxygen atoms in total. The molecule has 0 saturated heterocycles. The number of carbonyl (C=O) groups excluding carboxylic acids is 2. The molecule has 0 radical (unpaired) electrons. The number of fused-ring (bicyclic) bond motifs is 1. The molecule has 0 aliphatic carbocycles. The summed E-state index contributed by atoms with van der Waals surface area (Å²) in [5.74, 6) is -0.580. The molecule has 2 amide bonds. The molecule has 200 valence electrons. The molecule has 2 aromatic heterocycles. The molecule has 6 rings (SSSR count). The summed E-state index contributed by atoms with van der Waals surface area (Å²) >= 11 is 0. The van der Waals surface area contributed by atoms with E-state index in [9.17, 15) is 22.8 Å². The van der Waals surface area contributed by atoms with E-state index in [2.05, 4.69) is 11.8 Å². The van der Waals surface area contributed by atoms with Crippen LogP contribution in [0.15, 0.2) is 48.5 Å². The molecule has 0 fully saturated rings. The molecular formula is C29H26F3N5O2. The van der Waals surface area contributed by atoms with Gasteiger partial charge in [-0.25, -0.2) is 4.98 Å². The van der Waals surface area contributed by atoms with E-state index < -0.39 is 11.7 Å². The monoisotopic (exact) mass is 533 g/mol. The lowest BCUT2D eigenvalue weighted by Gasteiger charge is -2.38. The SMILES string of the molecule is CCC1Cn2nc(-c3ccc(C(F)(F)F)cc3C)c3nc(C)cc(c32)N1CCN1C(=O)c2ccccc2C1=O. The summed E-state index contributed by atoms with van der Waals surface area (Å²) in [6, 6.07) is 12.5. The van der Waals surface area contributed by atoms with Crippen LogP contribution in [0.5, 0.6) is 0 Å². The first-order valence-electron chi connectivity index (χ1n) is 12.9. The first kappa shape index (κ1) is 25.1. The van der Waals surface area contributed by atoms with Gasteiger partial charge >= 0.3 is 6.18 Å². The van der Waals surface area contributed by atoms with Crippen molar-refractivity contribution in [3.05, 3.63) is 76.5 Å². The van der Waals surface area contributed by atoms with Crippen molar-refractivity contribution < 1.29 is 22.8 Å². The highest BCUT2D eigenvalue weighted by molar-refractivity contribution is 6.21. The van der Waals surface area contributed by atoms with Gasteiger partial charge in [0.15, 0.2) is 0 Å². The van der Waals surface area contributed by atoms with Crippen molar-refractivity contribution in [3.8, 4) is 11.3 Å². The highest BCUT2D eigenvalue weighted by Crippen LogP contribution is 2.40. The second-order valence-electron chi connectivity index (χ2n) is 10.1. The lowest BCUT2D eigenvalue weighted by Crippen LogP contribution is -2.46. The normalized spacial score (nSPS) is 16.9. The van der Waals surface area contributed by atoms with E-state index >= 15 is 0 Å². The lowest BCUT2D eigenvalue weighted by molar-refractivity contribution is -0.137. The van der Waals surface area contributed by atoms with E-state index in [1.165, 1.54) is 11.0 Å². The molecule has 4 aromatic rings. The topological polar surface area (TPSA) is 71.3 Å². The Bertz CT molecular complexity index is 1620. The Kier molecular flexibility index (Phi) is 5.74. The third-order valence-corrected chi connectivity index (χ3v) is 7.66. The van der Waals surface area contributed by atoms with Gasteiger partial charge in [-0.05, 0) is 56.2 Å². The Hall–Kier alpha value is -4.21. The van der Waals surface area contributed by atoms with Crippen LogP contribution in [0.4, 0.5) is 18.9 Å². The van der Waals surface area contributed by atoms with E-state index in [-0.39, 0.29) is 24.4 Å². The molecule has 1 unspecified atom stereocenters. The maximum Gasteiger partial charge on any atom is 0.416 e. The molecule has 0 bridgehead atoms. The standard InChI is InChI=1S/C29H26F3N5O2/c1-4-19-15-37-26-23(35(19)11-12-36-27(38)21-7-5-6-8-22(21)28(36)39)14-17(3)33-25(26)24(34-37)20-10-9-18(13-16(20)2)29(30,31)32/h5-10,13-14,19H,4,11-12,15H2,1-3H3. The predicted octanol–water partition coefficient (Wildman–Crippen LogP) is 5.63. The summed E-state index contributed by atoms with van der Waals surface area (Å²) < 4.78 is 41.7. The number of alkyl halides is 3. The Morgan fingerprint density at radius 3 is 2.26 bits per heavy atom. The predicted molar refractivity (Wildman–Crippen MR) is 141 cm³/mol. The fourth-order valence-corrected chi connectivity index (χ4v) is 5.72. The molecule has 0 saturated carbocycles. The maximum absolute atomic E-state index is 13.3. The van der Waals surface area contributed by atoms with Crippen molar-refractivity contribution in [2.75, 3.05) is 18.0 Å². The number of hydrogen-bond acceptors (Lipinski definition) is 5. The average Bonchev–Trinajstić information content (AvgIpc) is 3.37. The van der Waals surface area contributed by atoms with Crippen LogP contribution < -0.4 is 4.90 Å². The molecule has 4 heterocycles. The molecule has 2 aromatic carbocycles. The Labute approximate surface area is 222 Å². The summed E-state index contributed by atoms with van der Waals surface area (Å²) in [7, 11) is 0. The van der Waals surface area contributed by atoms with Crippen LogP contribution in [0, 0.1) is 13.8 Å². The quantitative estimate of drug-likeness (QED) is 0.311. The molecule has 0 spiro atoms. The van der Waals surface area contributed by atoms with Crippen molar-refractivity contribution in [2.24, 2.45) is 0 Å². The van der Waals surface area contributed by atoms with Crippen LogP contribution in [-0.2, 0) is 12.7 Å².